The highest BCUT2D eigenvalue weighted by Crippen LogP contribution is 2.38. The average Bonchev–Trinajstić information content (AvgIpc) is 2.56. The first-order chi connectivity index (χ1) is 7.59. The molecule has 16 heavy (non-hydrogen) atoms. The van der Waals surface area contributed by atoms with E-state index in [0.717, 1.165) is 0 Å². The summed E-state index contributed by atoms with van der Waals surface area (Å²) in [5, 5.41) is 8.90. The lowest BCUT2D eigenvalue weighted by molar-refractivity contribution is -0.150. The summed E-state index contributed by atoms with van der Waals surface area (Å²) in [6.45, 7) is 0. The maximum absolute atomic E-state index is 11.8. The van der Waals surface area contributed by atoms with Crippen molar-refractivity contribution >= 4 is 30.2 Å². The quantitative estimate of drug-likeness (QED) is 0.646. The first-order valence-electron chi connectivity index (χ1n) is 4.45. The lowest BCUT2D eigenvalue weighted by Crippen LogP contribution is -2.06. The van der Waals surface area contributed by atoms with E-state index in [4.69, 9.17) is 9.52 Å². The van der Waals surface area contributed by atoms with Crippen LogP contribution in [0.1, 0.15) is 16.7 Å². The Bertz CT molecular complexity index is 572. The van der Waals surface area contributed by atoms with Crippen molar-refractivity contribution in [1.82, 2.24) is 0 Å². The maximum atomic E-state index is 11.8. The van der Waals surface area contributed by atoms with Crippen molar-refractivity contribution < 1.29 is 24.0 Å². The molecule has 2 rings (SSSR count). The molecule has 0 radical (unpaired) electrons. The molecule has 1 unspecified atom stereocenters. The van der Waals surface area contributed by atoms with E-state index in [0.29, 0.717) is 10.7 Å². The van der Waals surface area contributed by atoms with Gasteiger partial charge in [-0.1, -0.05) is 12.1 Å². The second-order valence-electron chi connectivity index (χ2n) is 3.16. The SMILES string of the molecule is O=C(O)CC(=O)c1oc2ccccc2[p+]1[O-]. The van der Waals surface area contributed by atoms with Gasteiger partial charge >= 0.3 is 11.5 Å². The fourth-order valence-electron chi connectivity index (χ4n) is 1.35. The number of carboxylic acid groups (broad SMARTS) is 1. The van der Waals surface area contributed by atoms with Gasteiger partial charge in [-0.05, 0) is 12.1 Å². The van der Waals surface area contributed by atoms with E-state index in [1.165, 1.54) is 0 Å². The molecule has 6 heteroatoms. The monoisotopic (exact) mass is 238 g/mol. The number of para-hydroxylation sites is 1. The van der Waals surface area contributed by atoms with Gasteiger partial charge in [0.05, 0.1) is 0 Å². The van der Waals surface area contributed by atoms with Crippen LogP contribution in [0.4, 0.5) is 0 Å². The number of fused-ring (bicyclic) bond motifs is 1. The Morgan fingerprint density at radius 3 is 2.69 bits per heavy atom. The third-order valence-corrected chi connectivity index (χ3v) is 3.54. The van der Waals surface area contributed by atoms with Gasteiger partial charge in [-0.25, -0.2) is 0 Å². The van der Waals surface area contributed by atoms with Gasteiger partial charge in [0.25, 0.3) is 5.78 Å². The number of aliphatic carboxylic acids is 1. The standard InChI is InChI=1S/C10H7O5P/c11-6(5-9(12)13)10-15-7-3-1-2-4-8(7)16(10)14/h1-4H,5H2,(H,12,13). The van der Waals surface area contributed by atoms with Crippen LogP contribution >= 0.6 is 7.76 Å². The lowest BCUT2D eigenvalue weighted by atomic mass is 10.3. The van der Waals surface area contributed by atoms with E-state index in [1.54, 1.807) is 24.3 Å². The van der Waals surface area contributed by atoms with Crippen LogP contribution in [0.3, 0.4) is 0 Å². The molecule has 0 saturated heterocycles. The van der Waals surface area contributed by atoms with Gasteiger partial charge in [-0.15, -0.1) is 0 Å². The van der Waals surface area contributed by atoms with E-state index in [1.807, 2.05) is 0 Å². The van der Waals surface area contributed by atoms with Crippen LogP contribution in [0.5, 0.6) is 0 Å². The fourth-order valence-corrected chi connectivity index (χ4v) is 2.60. The van der Waals surface area contributed by atoms with Crippen molar-refractivity contribution in [2.45, 2.75) is 6.42 Å². The Balaban J connectivity index is 2.49. The summed E-state index contributed by atoms with van der Waals surface area (Å²) < 4.78 is 5.10. The summed E-state index contributed by atoms with van der Waals surface area (Å²) in [4.78, 5) is 33.6. The number of rotatable bonds is 3. The third kappa shape index (κ3) is 1.83. The minimum Gasteiger partial charge on any atom is -0.623 e. The molecule has 0 saturated carbocycles. The number of carbonyl (C=O) groups is 2. The van der Waals surface area contributed by atoms with Crippen molar-refractivity contribution in [2.75, 3.05) is 0 Å². The molecule has 0 spiro atoms. The highest BCUT2D eigenvalue weighted by atomic mass is 31.1. The molecule has 0 aliphatic heterocycles. The number of Topliss-reactive ketones (excluding diaryl/α,β-unsaturated/α-hetero) is 1. The van der Waals surface area contributed by atoms with Crippen molar-refractivity contribution in [2.24, 2.45) is 0 Å². The highest BCUT2D eigenvalue weighted by Gasteiger charge is 2.26. The zero-order valence-corrected chi connectivity index (χ0v) is 8.94. The second kappa shape index (κ2) is 4.04. The number of carbonyl (C=O) groups excluding carboxylic acids is 1. The van der Waals surface area contributed by atoms with E-state index in [2.05, 4.69) is 0 Å². The van der Waals surface area contributed by atoms with Gasteiger partial charge in [0.15, 0.2) is 10.7 Å². The molecule has 0 aliphatic carbocycles. The largest absolute Gasteiger partial charge is 0.623 e. The van der Waals surface area contributed by atoms with E-state index >= 15 is 0 Å². The predicted octanol–water partition coefficient (Wildman–Crippen LogP) is 1.48. The second-order valence-corrected chi connectivity index (χ2v) is 4.64. The van der Waals surface area contributed by atoms with Crippen molar-refractivity contribution in [1.29, 1.82) is 0 Å². The van der Waals surface area contributed by atoms with Gasteiger partial charge in [0.1, 0.15) is 14.2 Å². The molecule has 1 atom stereocenters. The number of benzene rings is 1. The van der Waals surface area contributed by atoms with Crippen LogP contribution in [-0.4, -0.2) is 16.9 Å². The molecule has 0 amide bonds. The number of hydrogen-bond donors (Lipinski definition) is 1. The molecular weight excluding hydrogens is 231 g/mol. The van der Waals surface area contributed by atoms with Gasteiger partial charge in [0.2, 0.25) is 0 Å². The molecule has 82 valence electrons. The van der Waals surface area contributed by atoms with Crippen molar-refractivity contribution in [3.05, 3.63) is 29.8 Å². The van der Waals surface area contributed by atoms with Crippen LogP contribution in [0.2, 0.25) is 0 Å². The first kappa shape index (κ1) is 10.8. The molecule has 0 fully saturated rings. The molecule has 1 heterocycles. The van der Waals surface area contributed by atoms with Crippen molar-refractivity contribution in [3.8, 4) is 0 Å². The minimum atomic E-state index is -2.08. The molecule has 0 aliphatic rings. The van der Waals surface area contributed by atoms with Gasteiger partial charge in [0, 0.05) is 0 Å². The Hall–Kier alpha value is -1.71. The van der Waals surface area contributed by atoms with Crippen molar-refractivity contribution in [3.63, 3.8) is 0 Å². The Kier molecular flexibility index (Phi) is 2.73. The van der Waals surface area contributed by atoms with Gasteiger partial charge in [-0.3, -0.25) is 9.59 Å². The lowest BCUT2D eigenvalue weighted by Gasteiger charge is -1.90. The third-order valence-electron chi connectivity index (χ3n) is 2.03. The Morgan fingerprint density at radius 2 is 2.06 bits per heavy atom. The van der Waals surface area contributed by atoms with E-state index in [-0.39, 0.29) is 5.49 Å². The van der Waals surface area contributed by atoms with E-state index < -0.39 is 25.9 Å². The van der Waals surface area contributed by atoms with E-state index in [9.17, 15) is 14.5 Å². The minimum absolute atomic E-state index is 0.265. The van der Waals surface area contributed by atoms with Crippen LogP contribution in [-0.2, 0) is 4.79 Å². The summed E-state index contributed by atoms with van der Waals surface area (Å²) in [5.74, 6) is -2.01. The van der Waals surface area contributed by atoms with Crippen LogP contribution in [0.25, 0.3) is 10.7 Å². The van der Waals surface area contributed by atoms with Crippen LogP contribution in [0, 0.1) is 0 Å². The summed E-state index contributed by atoms with van der Waals surface area (Å²) in [5.41, 5.74) is 0.0935. The first-order valence-corrected chi connectivity index (χ1v) is 5.71. The van der Waals surface area contributed by atoms with Gasteiger partial charge < -0.3 is 14.4 Å². The average molecular weight is 238 g/mol. The highest BCUT2D eigenvalue weighted by molar-refractivity contribution is 7.50. The molecule has 0 bridgehead atoms. The normalized spacial score (nSPS) is 11.7. The fraction of sp³-hybridized carbons (Fsp3) is 0.100. The molecule has 1 aromatic heterocycles. The summed E-state index contributed by atoms with van der Waals surface area (Å²) in [6, 6.07) is 6.55. The van der Waals surface area contributed by atoms with Crippen LogP contribution < -0.4 is 4.89 Å². The summed E-state index contributed by atoms with van der Waals surface area (Å²) >= 11 is 0. The smallest absolute Gasteiger partial charge is 0.345 e. The van der Waals surface area contributed by atoms with Crippen LogP contribution in [0.15, 0.2) is 28.7 Å². The summed E-state index contributed by atoms with van der Waals surface area (Å²) in [6.07, 6.45) is -0.704. The summed E-state index contributed by atoms with van der Waals surface area (Å²) in [7, 11) is -2.08. The Labute approximate surface area is 91.1 Å². The number of ketones is 1. The Morgan fingerprint density at radius 1 is 1.38 bits per heavy atom. The molecule has 1 aromatic carbocycles. The predicted molar refractivity (Wildman–Crippen MR) is 55.3 cm³/mol. The molecule has 1 N–H and O–H groups in total. The maximum Gasteiger partial charge on any atom is 0.345 e. The van der Waals surface area contributed by atoms with Gasteiger partial charge in [-0.2, -0.15) is 0 Å². The number of hydrogen-bond acceptors (Lipinski definition) is 4. The zero-order valence-electron chi connectivity index (χ0n) is 8.04. The zero-order chi connectivity index (χ0) is 11.7. The molecule has 5 nitrogen and oxygen atoms in total. The topological polar surface area (TPSA) is 90.6 Å². The molecule has 2 aromatic rings. The number of carboxylic acids is 1. The molecular formula is C10H7O5P.